The predicted octanol–water partition coefficient (Wildman–Crippen LogP) is 4.67. The molecule has 1 heterocycles. The Labute approximate surface area is 160 Å². The fourth-order valence-electron chi connectivity index (χ4n) is 3.31. The Morgan fingerprint density at radius 1 is 1.22 bits per heavy atom. The van der Waals surface area contributed by atoms with E-state index in [4.69, 9.17) is 9.47 Å². The minimum Gasteiger partial charge on any atom is -0.478 e. The van der Waals surface area contributed by atoms with Crippen LogP contribution in [0.15, 0.2) is 61.2 Å². The molecule has 1 aromatic heterocycles. The monoisotopic (exact) mass is 363 g/mol. The van der Waals surface area contributed by atoms with Crippen molar-refractivity contribution in [3.05, 3.63) is 78.0 Å². The number of rotatable bonds is 7. The number of carbonyl (C=O) groups excluding carboxylic acids is 1. The summed E-state index contributed by atoms with van der Waals surface area (Å²) in [5.74, 6) is 0.331. The molecule has 0 amide bonds. The molecule has 3 aromatic rings. The number of nitrogens with zero attached hydrogens (tertiary/aromatic N) is 1. The van der Waals surface area contributed by atoms with E-state index in [1.54, 1.807) is 6.92 Å². The van der Waals surface area contributed by atoms with Crippen LogP contribution in [0, 0.1) is 6.92 Å². The number of hydrogen-bond donors (Lipinski definition) is 0. The first-order valence-corrected chi connectivity index (χ1v) is 9.06. The Hall–Kier alpha value is -3.01. The molecule has 0 N–H and O–H groups in total. The first-order chi connectivity index (χ1) is 13.0. The van der Waals surface area contributed by atoms with Gasteiger partial charge in [-0.1, -0.05) is 42.5 Å². The lowest BCUT2D eigenvalue weighted by Crippen LogP contribution is -2.25. The Bertz CT molecular complexity index is 957. The molecule has 1 atom stereocenters. The SMILES string of the molecule is C=CCc1ccc2c(cc(C)n2Cc2ccccc2)c1OC(C)C(=O)OC. The van der Waals surface area contributed by atoms with Crippen LogP contribution in [0.5, 0.6) is 5.75 Å². The van der Waals surface area contributed by atoms with Gasteiger partial charge in [0.2, 0.25) is 0 Å². The van der Waals surface area contributed by atoms with Crippen molar-refractivity contribution in [1.29, 1.82) is 0 Å². The molecule has 0 saturated carbocycles. The van der Waals surface area contributed by atoms with Gasteiger partial charge >= 0.3 is 5.97 Å². The van der Waals surface area contributed by atoms with Crippen LogP contribution in [0.3, 0.4) is 0 Å². The second-order valence-corrected chi connectivity index (χ2v) is 6.62. The van der Waals surface area contributed by atoms with Gasteiger partial charge in [-0.25, -0.2) is 4.79 Å². The van der Waals surface area contributed by atoms with Gasteiger partial charge in [0, 0.05) is 17.6 Å². The predicted molar refractivity (Wildman–Crippen MR) is 108 cm³/mol. The molecule has 0 bridgehead atoms. The summed E-state index contributed by atoms with van der Waals surface area (Å²) in [4.78, 5) is 11.9. The summed E-state index contributed by atoms with van der Waals surface area (Å²) >= 11 is 0. The third-order valence-corrected chi connectivity index (χ3v) is 4.70. The number of carbonyl (C=O) groups is 1. The highest BCUT2D eigenvalue weighted by Crippen LogP contribution is 2.34. The first-order valence-electron chi connectivity index (χ1n) is 9.06. The number of aromatic nitrogens is 1. The average Bonchev–Trinajstić information content (AvgIpc) is 2.99. The molecule has 4 nitrogen and oxygen atoms in total. The van der Waals surface area contributed by atoms with Crippen molar-refractivity contribution < 1.29 is 14.3 Å². The number of fused-ring (bicyclic) bond motifs is 1. The maximum Gasteiger partial charge on any atom is 0.346 e. The Morgan fingerprint density at radius 3 is 2.63 bits per heavy atom. The number of hydrogen-bond acceptors (Lipinski definition) is 3. The highest BCUT2D eigenvalue weighted by atomic mass is 16.6. The number of allylic oxidation sites excluding steroid dienone is 1. The zero-order valence-electron chi connectivity index (χ0n) is 16.1. The van der Waals surface area contributed by atoms with Gasteiger partial charge in [-0.2, -0.15) is 0 Å². The molecule has 0 fully saturated rings. The molecule has 140 valence electrons. The second kappa shape index (κ2) is 8.12. The maximum atomic E-state index is 11.9. The molecule has 2 aromatic carbocycles. The lowest BCUT2D eigenvalue weighted by atomic mass is 10.1. The lowest BCUT2D eigenvalue weighted by molar-refractivity contribution is -0.147. The number of esters is 1. The van der Waals surface area contributed by atoms with E-state index in [0.717, 1.165) is 34.5 Å². The molecule has 0 aliphatic heterocycles. The van der Waals surface area contributed by atoms with Gasteiger partial charge in [-0.05, 0) is 43.5 Å². The summed E-state index contributed by atoms with van der Waals surface area (Å²) in [5.41, 5.74) is 4.46. The van der Waals surface area contributed by atoms with Crippen LogP contribution >= 0.6 is 0 Å². The number of benzene rings is 2. The van der Waals surface area contributed by atoms with Crippen LogP contribution < -0.4 is 4.74 Å². The fraction of sp³-hybridized carbons (Fsp3) is 0.261. The summed E-state index contributed by atoms with van der Waals surface area (Å²) in [6.07, 6.45) is 1.83. The molecule has 0 aliphatic carbocycles. The molecule has 0 saturated heterocycles. The van der Waals surface area contributed by atoms with Gasteiger partial charge < -0.3 is 14.0 Å². The second-order valence-electron chi connectivity index (χ2n) is 6.62. The summed E-state index contributed by atoms with van der Waals surface area (Å²) in [5, 5.41) is 0.999. The van der Waals surface area contributed by atoms with Crippen LogP contribution in [0.25, 0.3) is 10.9 Å². The van der Waals surface area contributed by atoms with Gasteiger partial charge in [0.1, 0.15) is 5.75 Å². The van der Waals surface area contributed by atoms with Crippen molar-refractivity contribution in [3.63, 3.8) is 0 Å². The standard InChI is InChI=1S/C23H25NO3/c1-5-9-19-12-13-21-20(22(19)27-17(3)23(25)26-4)14-16(2)24(21)15-18-10-7-6-8-11-18/h5-8,10-14,17H,1,9,15H2,2-4H3. The molecule has 3 rings (SSSR count). The topological polar surface area (TPSA) is 40.5 Å². The van der Waals surface area contributed by atoms with Gasteiger partial charge in [0.05, 0.1) is 12.6 Å². The number of ether oxygens (including phenoxy) is 2. The van der Waals surface area contributed by atoms with E-state index in [2.05, 4.69) is 42.3 Å². The van der Waals surface area contributed by atoms with E-state index >= 15 is 0 Å². The molecule has 0 aliphatic rings. The quantitative estimate of drug-likeness (QED) is 0.452. The largest absolute Gasteiger partial charge is 0.478 e. The summed E-state index contributed by atoms with van der Waals surface area (Å²) in [6, 6.07) is 16.6. The van der Waals surface area contributed by atoms with Crippen LogP contribution in [0.1, 0.15) is 23.7 Å². The Balaban J connectivity index is 2.08. The first kappa shape index (κ1) is 18.8. The van der Waals surface area contributed by atoms with Crippen molar-refractivity contribution in [2.75, 3.05) is 7.11 Å². The van der Waals surface area contributed by atoms with E-state index in [9.17, 15) is 4.79 Å². The zero-order chi connectivity index (χ0) is 19.4. The van der Waals surface area contributed by atoms with Crippen molar-refractivity contribution in [1.82, 2.24) is 4.57 Å². The molecule has 1 unspecified atom stereocenters. The third-order valence-electron chi connectivity index (χ3n) is 4.70. The zero-order valence-corrected chi connectivity index (χ0v) is 16.1. The van der Waals surface area contributed by atoms with Gasteiger partial charge in [0.15, 0.2) is 6.10 Å². The Kier molecular flexibility index (Phi) is 5.65. The fourth-order valence-corrected chi connectivity index (χ4v) is 3.31. The summed E-state index contributed by atoms with van der Waals surface area (Å²) in [6.45, 7) is 8.41. The van der Waals surface area contributed by atoms with Gasteiger partial charge in [-0.15, -0.1) is 6.58 Å². The average molecular weight is 363 g/mol. The maximum absolute atomic E-state index is 11.9. The van der Waals surface area contributed by atoms with Crippen LogP contribution in [-0.2, 0) is 22.5 Å². The van der Waals surface area contributed by atoms with Crippen molar-refractivity contribution in [2.45, 2.75) is 32.9 Å². The highest BCUT2D eigenvalue weighted by Gasteiger charge is 2.20. The van der Waals surface area contributed by atoms with Crippen LogP contribution in [0.4, 0.5) is 0 Å². The molecule has 4 heteroatoms. The Morgan fingerprint density at radius 2 is 1.96 bits per heavy atom. The van der Waals surface area contributed by atoms with Crippen molar-refractivity contribution in [3.8, 4) is 5.75 Å². The molecule has 27 heavy (non-hydrogen) atoms. The van der Waals surface area contributed by atoms with E-state index in [1.807, 2.05) is 30.3 Å². The molecule has 0 spiro atoms. The lowest BCUT2D eigenvalue weighted by Gasteiger charge is -2.17. The smallest absolute Gasteiger partial charge is 0.346 e. The van der Waals surface area contributed by atoms with E-state index in [0.29, 0.717) is 6.42 Å². The third kappa shape index (κ3) is 3.90. The number of methoxy groups -OCH3 is 1. The normalized spacial score (nSPS) is 12.0. The molecule has 0 radical (unpaired) electrons. The number of aryl methyl sites for hydroxylation is 1. The van der Waals surface area contributed by atoms with E-state index < -0.39 is 12.1 Å². The van der Waals surface area contributed by atoms with E-state index in [-0.39, 0.29) is 0 Å². The van der Waals surface area contributed by atoms with Gasteiger partial charge in [0.25, 0.3) is 0 Å². The summed E-state index contributed by atoms with van der Waals surface area (Å²) in [7, 11) is 1.37. The highest BCUT2D eigenvalue weighted by molar-refractivity contribution is 5.89. The van der Waals surface area contributed by atoms with E-state index in [1.165, 1.54) is 12.7 Å². The van der Waals surface area contributed by atoms with Crippen LogP contribution in [0.2, 0.25) is 0 Å². The summed E-state index contributed by atoms with van der Waals surface area (Å²) < 4.78 is 13.1. The minimum absolute atomic E-state index is 0.392. The van der Waals surface area contributed by atoms with Crippen LogP contribution in [-0.4, -0.2) is 23.8 Å². The molecular formula is C23H25NO3. The van der Waals surface area contributed by atoms with Crippen molar-refractivity contribution >= 4 is 16.9 Å². The minimum atomic E-state index is -0.679. The van der Waals surface area contributed by atoms with Crippen molar-refractivity contribution in [2.24, 2.45) is 0 Å². The van der Waals surface area contributed by atoms with Gasteiger partial charge in [-0.3, -0.25) is 0 Å². The molecular weight excluding hydrogens is 338 g/mol.